The molecule has 0 amide bonds. The van der Waals surface area contributed by atoms with E-state index in [0.29, 0.717) is 16.9 Å². The van der Waals surface area contributed by atoms with Gasteiger partial charge in [0.2, 0.25) is 5.95 Å². The number of fused-ring (bicyclic) bond motifs is 1. The molecule has 1 saturated heterocycles. The van der Waals surface area contributed by atoms with Gasteiger partial charge in [-0.3, -0.25) is 4.57 Å². The molecule has 3 rings (SSSR count). The molecular weight excluding hydrogens is 294 g/mol. The van der Waals surface area contributed by atoms with Crippen molar-refractivity contribution in [2.75, 3.05) is 18.9 Å². The van der Waals surface area contributed by atoms with Gasteiger partial charge in [0, 0.05) is 0 Å². The molecule has 6 N–H and O–H groups in total. The molecule has 0 radical (unpaired) electrons. The summed E-state index contributed by atoms with van der Waals surface area (Å²) < 4.78 is 6.92. The van der Waals surface area contributed by atoms with E-state index in [0.717, 1.165) is 0 Å². The van der Waals surface area contributed by atoms with Gasteiger partial charge in [-0.1, -0.05) is 0 Å². The Morgan fingerprint density at radius 1 is 1.32 bits per heavy atom. The third-order valence-corrected chi connectivity index (χ3v) is 3.93. The normalized spacial score (nSPS) is 27.6. The molecule has 3 heterocycles. The molecule has 0 aliphatic carbocycles. The maximum Gasteiger partial charge on any atom is 0.222 e. The van der Waals surface area contributed by atoms with Gasteiger partial charge in [0.15, 0.2) is 11.9 Å². The lowest BCUT2D eigenvalue weighted by Crippen LogP contribution is -2.49. The van der Waals surface area contributed by atoms with E-state index >= 15 is 0 Å². The zero-order chi connectivity index (χ0) is 16.1. The van der Waals surface area contributed by atoms with E-state index in [2.05, 4.69) is 15.0 Å². The van der Waals surface area contributed by atoms with Crippen molar-refractivity contribution in [1.82, 2.24) is 19.5 Å². The highest BCUT2D eigenvalue weighted by Gasteiger charge is 2.54. The minimum atomic E-state index is -1.66. The molecule has 22 heavy (non-hydrogen) atoms. The fraction of sp³-hybridized carbons (Fsp3) is 0.583. The highest BCUT2D eigenvalue weighted by molar-refractivity contribution is 5.74. The summed E-state index contributed by atoms with van der Waals surface area (Å²) in [6, 6.07) is 0. The first kappa shape index (κ1) is 15.1. The Morgan fingerprint density at radius 2 is 2.00 bits per heavy atom. The number of rotatable bonds is 3. The van der Waals surface area contributed by atoms with E-state index in [1.54, 1.807) is 6.92 Å². The van der Waals surface area contributed by atoms with Gasteiger partial charge >= 0.3 is 0 Å². The molecule has 2 aromatic rings. The lowest BCUT2D eigenvalue weighted by molar-refractivity contribution is -0.149. The summed E-state index contributed by atoms with van der Waals surface area (Å²) in [6.07, 6.45) is -2.55. The standard InChI is InChI=1S/C12H17N5O5/c1-5-6-9(16-11(13)15-5)17(4-14-6)10-7(20)8(21)12(2-18,3-19)22-10/h4,7-8,10,18-21H,2-3H2,1H3,(H2,13,15,16)/t7-,8-,10?/m1/s1. The topological polar surface area (TPSA) is 160 Å². The first-order valence-corrected chi connectivity index (χ1v) is 6.66. The highest BCUT2D eigenvalue weighted by atomic mass is 16.6. The van der Waals surface area contributed by atoms with E-state index in [1.807, 2.05) is 0 Å². The first-order chi connectivity index (χ1) is 10.4. The minimum Gasteiger partial charge on any atom is -0.393 e. The number of anilines is 1. The van der Waals surface area contributed by atoms with Gasteiger partial charge in [0.1, 0.15) is 23.3 Å². The quantitative estimate of drug-likeness (QED) is 0.419. The van der Waals surface area contributed by atoms with E-state index in [-0.39, 0.29) is 5.95 Å². The smallest absolute Gasteiger partial charge is 0.222 e. The van der Waals surface area contributed by atoms with Gasteiger partial charge in [-0.2, -0.15) is 4.98 Å². The monoisotopic (exact) mass is 311 g/mol. The molecule has 1 aliphatic rings. The maximum absolute atomic E-state index is 10.2. The second kappa shape index (κ2) is 5.11. The zero-order valence-electron chi connectivity index (χ0n) is 11.8. The molecule has 0 saturated carbocycles. The molecule has 0 bridgehead atoms. The SMILES string of the molecule is Cc1nc(N)nc2c1ncn2C1OC(CO)(CO)[C@H](O)[C@H]1O. The number of nitrogen functional groups attached to an aromatic ring is 1. The fourth-order valence-corrected chi connectivity index (χ4v) is 2.65. The number of aliphatic hydroxyl groups is 4. The van der Waals surface area contributed by atoms with Crippen molar-refractivity contribution in [2.24, 2.45) is 0 Å². The van der Waals surface area contributed by atoms with E-state index in [1.165, 1.54) is 10.9 Å². The van der Waals surface area contributed by atoms with Gasteiger partial charge in [-0.05, 0) is 6.92 Å². The molecule has 0 aromatic carbocycles. The number of aliphatic hydroxyl groups excluding tert-OH is 4. The number of ether oxygens (including phenoxy) is 1. The Labute approximate surface area is 124 Å². The second-order valence-electron chi connectivity index (χ2n) is 5.32. The molecule has 0 spiro atoms. The zero-order valence-corrected chi connectivity index (χ0v) is 11.8. The summed E-state index contributed by atoms with van der Waals surface area (Å²) in [7, 11) is 0. The summed E-state index contributed by atoms with van der Waals surface area (Å²) in [4.78, 5) is 12.2. The van der Waals surface area contributed by atoms with Gasteiger partial charge in [-0.25, -0.2) is 9.97 Å². The van der Waals surface area contributed by atoms with Crippen molar-refractivity contribution < 1.29 is 25.2 Å². The van der Waals surface area contributed by atoms with Crippen LogP contribution in [-0.2, 0) is 4.74 Å². The molecule has 2 aromatic heterocycles. The lowest BCUT2D eigenvalue weighted by Gasteiger charge is -2.27. The molecule has 10 heteroatoms. The predicted octanol–water partition coefficient (Wildman–Crippen LogP) is -2.31. The van der Waals surface area contributed by atoms with Gasteiger partial charge < -0.3 is 30.9 Å². The first-order valence-electron chi connectivity index (χ1n) is 6.66. The lowest BCUT2D eigenvalue weighted by atomic mass is 9.97. The Balaban J connectivity index is 2.09. The van der Waals surface area contributed by atoms with Crippen LogP contribution in [0.25, 0.3) is 11.2 Å². The molecule has 3 atom stereocenters. The Hall–Kier alpha value is -1.85. The summed E-state index contributed by atoms with van der Waals surface area (Å²) in [5.74, 6) is 0.0374. The van der Waals surface area contributed by atoms with Crippen LogP contribution in [0.4, 0.5) is 5.95 Å². The predicted molar refractivity (Wildman–Crippen MR) is 73.5 cm³/mol. The molecule has 1 fully saturated rings. The number of imidazole rings is 1. The number of nitrogens with zero attached hydrogens (tertiary/aromatic N) is 4. The van der Waals surface area contributed by atoms with Crippen molar-refractivity contribution in [3.8, 4) is 0 Å². The van der Waals surface area contributed by atoms with Crippen molar-refractivity contribution in [3.63, 3.8) is 0 Å². The maximum atomic E-state index is 10.2. The van der Waals surface area contributed by atoms with Crippen molar-refractivity contribution in [3.05, 3.63) is 12.0 Å². The van der Waals surface area contributed by atoms with E-state index < -0.39 is 37.3 Å². The van der Waals surface area contributed by atoms with Crippen molar-refractivity contribution >= 4 is 17.1 Å². The van der Waals surface area contributed by atoms with Crippen LogP contribution in [0.1, 0.15) is 11.9 Å². The van der Waals surface area contributed by atoms with Crippen LogP contribution in [0.15, 0.2) is 6.33 Å². The van der Waals surface area contributed by atoms with Crippen LogP contribution in [0.5, 0.6) is 0 Å². The van der Waals surface area contributed by atoms with Gasteiger partial charge in [-0.15, -0.1) is 0 Å². The van der Waals surface area contributed by atoms with Crippen LogP contribution in [0.3, 0.4) is 0 Å². The van der Waals surface area contributed by atoms with Crippen molar-refractivity contribution in [2.45, 2.75) is 31.0 Å². The Bertz CT molecular complexity index is 701. The van der Waals surface area contributed by atoms with Crippen LogP contribution in [-0.4, -0.2) is 71.0 Å². The number of aryl methyl sites for hydroxylation is 1. The third-order valence-electron chi connectivity index (χ3n) is 3.93. The summed E-state index contributed by atoms with van der Waals surface area (Å²) in [5.41, 5.74) is 5.33. The fourth-order valence-electron chi connectivity index (χ4n) is 2.65. The number of nitrogens with two attached hydrogens (primary N) is 1. The molecule has 120 valence electrons. The molecule has 1 unspecified atom stereocenters. The highest BCUT2D eigenvalue weighted by Crippen LogP contribution is 2.38. The number of hydrogen-bond acceptors (Lipinski definition) is 9. The minimum absolute atomic E-state index is 0.0374. The number of aromatic nitrogens is 4. The van der Waals surface area contributed by atoms with Crippen LogP contribution >= 0.6 is 0 Å². The average molecular weight is 311 g/mol. The van der Waals surface area contributed by atoms with Gasteiger partial charge in [0.05, 0.1) is 25.2 Å². The van der Waals surface area contributed by atoms with Crippen molar-refractivity contribution in [1.29, 1.82) is 0 Å². The molecular formula is C12H17N5O5. The summed E-state index contributed by atoms with van der Waals surface area (Å²) in [6.45, 7) is 0.409. The summed E-state index contributed by atoms with van der Waals surface area (Å²) >= 11 is 0. The van der Waals surface area contributed by atoms with Crippen LogP contribution < -0.4 is 5.73 Å². The number of hydrogen-bond donors (Lipinski definition) is 5. The second-order valence-corrected chi connectivity index (χ2v) is 5.32. The van der Waals surface area contributed by atoms with E-state index in [4.69, 9.17) is 10.5 Å². The molecule has 1 aliphatic heterocycles. The van der Waals surface area contributed by atoms with E-state index in [9.17, 15) is 20.4 Å². The van der Waals surface area contributed by atoms with Crippen LogP contribution in [0, 0.1) is 6.92 Å². The van der Waals surface area contributed by atoms with Gasteiger partial charge in [0.25, 0.3) is 0 Å². The third kappa shape index (κ3) is 1.96. The Kier molecular flexibility index (Phi) is 3.50. The largest absolute Gasteiger partial charge is 0.393 e. The van der Waals surface area contributed by atoms with Crippen LogP contribution in [0.2, 0.25) is 0 Å². The summed E-state index contributed by atoms with van der Waals surface area (Å²) in [5, 5.41) is 39.1. The average Bonchev–Trinajstić information content (AvgIpc) is 3.01. The Morgan fingerprint density at radius 3 is 2.59 bits per heavy atom. The molecule has 10 nitrogen and oxygen atoms in total.